The fourth-order valence-corrected chi connectivity index (χ4v) is 3.15. The van der Waals surface area contributed by atoms with Crippen molar-refractivity contribution in [1.29, 1.82) is 0 Å². The molecule has 3 amide bonds. The van der Waals surface area contributed by atoms with Gasteiger partial charge in [-0.05, 0) is 24.5 Å². The van der Waals surface area contributed by atoms with E-state index in [0.29, 0.717) is 36.5 Å². The summed E-state index contributed by atoms with van der Waals surface area (Å²) >= 11 is 0. The third kappa shape index (κ3) is 4.60. The van der Waals surface area contributed by atoms with Crippen molar-refractivity contribution in [2.45, 2.75) is 6.42 Å². The minimum atomic E-state index is -0.938. The lowest BCUT2D eigenvalue weighted by atomic mass is 10.1. The van der Waals surface area contributed by atoms with Gasteiger partial charge in [-0.15, -0.1) is 0 Å². The summed E-state index contributed by atoms with van der Waals surface area (Å²) in [6.07, 6.45) is 1.22. The summed E-state index contributed by atoms with van der Waals surface area (Å²) in [6, 6.07) is 6.79. The molecule has 2 heterocycles. The molecule has 1 aliphatic rings. The zero-order valence-electron chi connectivity index (χ0n) is 15.9. The number of rotatable bonds is 5. The van der Waals surface area contributed by atoms with E-state index in [-0.39, 0.29) is 23.3 Å². The van der Waals surface area contributed by atoms with Crippen molar-refractivity contribution < 1.29 is 19.5 Å². The standard InChI is InChI=1S/C19H22N6O4/c1-21-18(27)15-16(20)22-9-14(24-15)12-3-2-4-13(7-12)17(26)23-8-11-5-6-25(10-11)19(28)29/h2-4,7,9,11H,5-6,8,10H2,1H3,(H2,20,22)(H,21,27)(H,23,26)(H,28,29). The molecule has 1 aliphatic heterocycles. The van der Waals surface area contributed by atoms with Crippen molar-refractivity contribution in [3.05, 3.63) is 41.7 Å². The number of hydrogen-bond acceptors (Lipinski definition) is 6. The van der Waals surface area contributed by atoms with Crippen LogP contribution in [0.25, 0.3) is 11.3 Å². The fraction of sp³-hybridized carbons (Fsp3) is 0.316. The number of benzene rings is 1. The maximum Gasteiger partial charge on any atom is 0.407 e. The van der Waals surface area contributed by atoms with Crippen LogP contribution in [0.15, 0.2) is 30.5 Å². The summed E-state index contributed by atoms with van der Waals surface area (Å²) in [5, 5.41) is 14.3. The summed E-state index contributed by atoms with van der Waals surface area (Å²) in [5.74, 6) is -0.599. The molecule has 1 fully saturated rings. The van der Waals surface area contributed by atoms with Gasteiger partial charge in [-0.2, -0.15) is 0 Å². The molecular formula is C19H22N6O4. The topological polar surface area (TPSA) is 151 Å². The van der Waals surface area contributed by atoms with Crippen LogP contribution in [0.1, 0.15) is 27.3 Å². The Hall–Kier alpha value is -3.69. The largest absolute Gasteiger partial charge is 0.465 e. The summed E-state index contributed by atoms with van der Waals surface area (Å²) in [7, 11) is 1.47. The Bertz CT molecular complexity index is 948. The summed E-state index contributed by atoms with van der Waals surface area (Å²) in [4.78, 5) is 45.0. The molecule has 10 nitrogen and oxygen atoms in total. The van der Waals surface area contributed by atoms with Gasteiger partial charge in [0.2, 0.25) is 0 Å². The van der Waals surface area contributed by atoms with Crippen LogP contribution in [0.5, 0.6) is 0 Å². The molecule has 1 atom stereocenters. The summed E-state index contributed by atoms with van der Waals surface area (Å²) in [6.45, 7) is 1.29. The van der Waals surface area contributed by atoms with Gasteiger partial charge in [-0.3, -0.25) is 9.59 Å². The first-order chi connectivity index (χ1) is 13.9. The highest BCUT2D eigenvalue weighted by Crippen LogP contribution is 2.20. The first-order valence-corrected chi connectivity index (χ1v) is 9.10. The van der Waals surface area contributed by atoms with Crippen molar-refractivity contribution in [3.63, 3.8) is 0 Å². The number of nitrogens with two attached hydrogens (primary N) is 1. The molecule has 0 saturated carbocycles. The Balaban J connectivity index is 1.70. The Labute approximate surface area is 167 Å². The van der Waals surface area contributed by atoms with Crippen LogP contribution in [0.2, 0.25) is 0 Å². The maximum atomic E-state index is 12.5. The Kier molecular flexibility index (Phi) is 5.91. The average molecular weight is 398 g/mol. The van der Waals surface area contributed by atoms with Gasteiger partial charge in [0.1, 0.15) is 0 Å². The molecule has 5 N–H and O–H groups in total. The number of aromatic nitrogens is 2. The van der Waals surface area contributed by atoms with E-state index in [4.69, 9.17) is 10.8 Å². The van der Waals surface area contributed by atoms with Crippen LogP contribution in [0, 0.1) is 5.92 Å². The van der Waals surface area contributed by atoms with Gasteiger partial charge >= 0.3 is 6.09 Å². The number of nitrogens with zero attached hydrogens (tertiary/aromatic N) is 3. The van der Waals surface area contributed by atoms with E-state index in [1.807, 2.05) is 0 Å². The number of anilines is 1. The summed E-state index contributed by atoms with van der Waals surface area (Å²) in [5.41, 5.74) is 7.19. The zero-order valence-corrected chi connectivity index (χ0v) is 15.9. The normalized spacial score (nSPS) is 15.8. The Morgan fingerprint density at radius 1 is 1.31 bits per heavy atom. The van der Waals surface area contributed by atoms with Crippen LogP contribution in [0.4, 0.5) is 10.6 Å². The molecule has 152 valence electrons. The lowest BCUT2D eigenvalue weighted by Gasteiger charge is -2.13. The molecule has 29 heavy (non-hydrogen) atoms. The van der Waals surface area contributed by atoms with Gasteiger partial charge in [-0.25, -0.2) is 14.8 Å². The second-order valence-electron chi connectivity index (χ2n) is 6.74. The number of carbonyl (C=O) groups excluding carboxylic acids is 2. The van der Waals surface area contributed by atoms with Crippen molar-refractivity contribution in [1.82, 2.24) is 25.5 Å². The second kappa shape index (κ2) is 8.55. The number of hydrogen-bond donors (Lipinski definition) is 4. The number of likely N-dealkylation sites (tertiary alicyclic amines) is 1. The average Bonchev–Trinajstić information content (AvgIpc) is 3.21. The van der Waals surface area contributed by atoms with Gasteiger partial charge in [0, 0.05) is 37.8 Å². The van der Waals surface area contributed by atoms with Crippen molar-refractivity contribution in [2.24, 2.45) is 5.92 Å². The lowest BCUT2D eigenvalue weighted by Crippen LogP contribution is -2.32. The van der Waals surface area contributed by atoms with E-state index in [1.165, 1.54) is 18.1 Å². The molecule has 0 bridgehead atoms. The van der Waals surface area contributed by atoms with E-state index >= 15 is 0 Å². The molecular weight excluding hydrogens is 376 g/mol. The van der Waals surface area contributed by atoms with Gasteiger partial charge in [0.15, 0.2) is 11.5 Å². The van der Waals surface area contributed by atoms with Crippen molar-refractivity contribution in [2.75, 3.05) is 32.4 Å². The van der Waals surface area contributed by atoms with Crippen LogP contribution in [-0.4, -0.2) is 64.6 Å². The molecule has 10 heteroatoms. The van der Waals surface area contributed by atoms with E-state index in [9.17, 15) is 14.4 Å². The van der Waals surface area contributed by atoms with Crippen LogP contribution in [-0.2, 0) is 0 Å². The second-order valence-corrected chi connectivity index (χ2v) is 6.74. The molecule has 3 rings (SSSR count). The van der Waals surface area contributed by atoms with Crippen LogP contribution in [0.3, 0.4) is 0 Å². The van der Waals surface area contributed by atoms with Crippen LogP contribution < -0.4 is 16.4 Å². The van der Waals surface area contributed by atoms with E-state index in [0.717, 1.165) is 6.42 Å². The van der Waals surface area contributed by atoms with E-state index < -0.39 is 12.0 Å². The van der Waals surface area contributed by atoms with Crippen LogP contribution >= 0.6 is 0 Å². The molecule has 2 aromatic rings. The highest BCUT2D eigenvalue weighted by Gasteiger charge is 2.26. The number of nitrogen functional groups attached to an aromatic ring is 1. The maximum absolute atomic E-state index is 12.5. The van der Waals surface area contributed by atoms with Crippen molar-refractivity contribution in [3.8, 4) is 11.3 Å². The molecule has 1 aromatic heterocycles. The molecule has 1 aromatic carbocycles. The number of amides is 3. The number of carboxylic acid groups (broad SMARTS) is 1. The van der Waals surface area contributed by atoms with Gasteiger partial charge in [-0.1, -0.05) is 12.1 Å². The van der Waals surface area contributed by atoms with Gasteiger partial charge in [0.05, 0.1) is 11.9 Å². The quantitative estimate of drug-likeness (QED) is 0.582. The minimum Gasteiger partial charge on any atom is -0.465 e. The predicted molar refractivity (Wildman–Crippen MR) is 105 cm³/mol. The first-order valence-electron chi connectivity index (χ1n) is 9.10. The third-order valence-corrected chi connectivity index (χ3v) is 4.77. The van der Waals surface area contributed by atoms with E-state index in [1.54, 1.807) is 24.3 Å². The van der Waals surface area contributed by atoms with E-state index in [2.05, 4.69) is 20.6 Å². The monoisotopic (exact) mass is 398 g/mol. The fourth-order valence-electron chi connectivity index (χ4n) is 3.15. The number of nitrogens with one attached hydrogen (secondary N) is 2. The number of carbonyl (C=O) groups is 3. The SMILES string of the molecule is CNC(=O)c1nc(-c2cccc(C(=O)NCC3CCN(C(=O)O)C3)c2)cnc1N. The highest BCUT2D eigenvalue weighted by molar-refractivity contribution is 5.97. The van der Waals surface area contributed by atoms with Crippen molar-refractivity contribution >= 4 is 23.7 Å². The predicted octanol–water partition coefficient (Wildman–Crippen LogP) is 0.815. The highest BCUT2D eigenvalue weighted by atomic mass is 16.4. The molecule has 0 radical (unpaired) electrons. The molecule has 0 aliphatic carbocycles. The lowest BCUT2D eigenvalue weighted by molar-refractivity contribution is 0.0943. The van der Waals surface area contributed by atoms with Gasteiger partial charge < -0.3 is 26.4 Å². The molecule has 1 saturated heterocycles. The third-order valence-electron chi connectivity index (χ3n) is 4.77. The molecule has 1 unspecified atom stereocenters. The summed E-state index contributed by atoms with van der Waals surface area (Å²) < 4.78 is 0. The van der Waals surface area contributed by atoms with Gasteiger partial charge in [0.25, 0.3) is 11.8 Å². The Morgan fingerprint density at radius 3 is 2.79 bits per heavy atom. The molecule has 0 spiro atoms. The Morgan fingerprint density at radius 2 is 2.10 bits per heavy atom. The minimum absolute atomic E-state index is 0.0177. The first kappa shape index (κ1) is 20.1. The smallest absolute Gasteiger partial charge is 0.407 e. The zero-order chi connectivity index (χ0) is 21.0.